The molecule has 8 heteroatoms. The molecule has 3 aromatic rings. The van der Waals surface area contributed by atoms with Crippen LogP contribution in [0.3, 0.4) is 0 Å². The van der Waals surface area contributed by atoms with Crippen molar-refractivity contribution in [3.8, 4) is 28.6 Å². The lowest BCUT2D eigenvalue weighted by Gasteiger charge is -2.12. The lowest BCUT2D eigenvalue weighted by atomic mass is 10.1. The predicted molar refractivity (Wildman–Crippen MR) is 125 cm³/mol. The molecule has 0 spiro atoms. The SMILES string of the molecule is C1CC1.COc1ccc(F)c(-c2onc(COc3cccc(CCC(=O)O)c3)c2OC(C)C)c1. The summed E-state index contributed by atoms with van der Waals surface area (Å²) >= 11 is 0. The normalized spacial score (nSPS) is 12.0. The van der Waals surface area contributed by atoms with E-state index < -0.39 is 11.8 Å². The third-order valence-corrected chi connectivity index (χ3v) is 4.74. The van der Waals surface area contributed by atoms with Crippen molar-refractivity contribution in [2.75, 3.05) is 7.11 Å². The molecule has 0 atom stereocenters. The fourth-order valence-electron chi connectivity index (χ4n) is 2.93. The molecule has 1 aliphatic carbocycles. The first-order chi connectivity index (χ1) is 16.4. The molecular weight excluding hydrogens is 441 g/mol. The van der Waals surface area contributed by atoms with Gasteiger partial charge in [-0.15, -0.1) is 0 Å². The number of hydrogen-bond acceptors (Lipinski definition) is 6. The van der Waals surface area contributed by atoms with Gasteiger partial charge in [-0.1, -0.05) is 36.6 Å². The van der Waals surface area contributed by atoms with Crippen LogP contribution in [0.4, 0.5) is 4.39 Å². The lowest BCUT2D eigenvalue weighted by Crippen LogP contribution is -2.09. The molecule has 1 aromatic heterocycles. The van der Waals surface area contributed by atoms with E-state index in [1.807, 2.05) is 19.9 Å². The Morgan fingerprint density at radius 2 is 1.91 bits per heavy atom. The first kappa shape index (κ1) is 25.1. The van der Waals surface area contributed by atoms with Crippen molar-refractivity contribution in [3.63, 3.8) is 0 Å². The Morgan fingerprint density at radius 1 is 1.15 bits per heavy atom. The van der Waals surface area contributed by atoms with Crippen LogP contribution in [0.15, 0.2) is 47.0 Å². The molecule has 182 valence electrons. The Balaban J connectivity index is 0.000000999. The van der Waals surface area contributed by atoms with Crippen molar-refractivity contribution in [2.24, 2.45) is 0 Å². The predicted octanol–water partition coefficient (Wildman–Crippen LogP) is 6.04. The Bertz CT molecular complexity index is 1090. The summed E-state index contributed by atoms with van der Waals surface area (Å²) in [6.07, 6.45) is 4.73. The smallest absolute Gasteiger partial charge is 0.303 e. The van der Waals surface area contributed by atoms with Gasteiger partial charge in [-0.2, -0.15) is 0 Å². The van der Waals surface area contributed by atoms with E-state index in [2.05, 4.69) is 5.16 Å². The molecule has 7 nitrogen and oxygen atoms in total. The number of nitrogens with zero attached hydrogens (tertiary/aromatic N) is 1. The number of benzene rings is 2. The number of aliphatic carboxylic acids is 1. The third-order valence-electron chi connectivity index (χ3n) is 4.74. The van der Waals surface area contributed by atoms with Gasteiger partial charge in [0, 0.05) is 6.42 Å². The number of rotatable bonds is 10. The summed E-state index contributed by atoms with van der Waals surface area (Å²) in [6, 6.07) is 11.5. The summed E-state index contributed by atoms with van der Waals surface area (Å²) in [5.41, 5.74) is 1.39. The summed E-state index contributed by atoms with van der Waals surface area (Å²) in [5, 5.41) is 12.9. The molecule has 34 heavy (non-hydrogen) atoms. The van der Waals surface area contributed by atoms with Crippen LogP contribution in [-0.2, 0) is 17.8 Å². The number of aryl methyl sites for hydroxylation is 1. The zero-order chi connectivity index (χ0) is 24.5. The van der Waals surface area contributed by atoms with Gasteiger partial charge in [0.25, 0.3) is 0 Å². The van der Waals surface area contributed by atoms with E-state index in [-0.39, 0.29) is 30.5 Å². The van der Waals surface area contributed by atoms with E-state index in [9.17, 15) is 9.18 Å². The molecule has 0 bridgehead atoms. The number of carboxylic acids is 1. The van der Waals surface area contributed by atoms with Crippen molar-refractivity contribution in [2.45, 2.75) is 58.7 Å². The van der Waals surface area contributed by atoms with E-state index in [0.29, 0.717) is 29.4 Å². The number of carboxylic acid groups (broad SMARTS) is 1. The lowest BCUT2D eigenvalue weighted by molar-refractivity contribution is -0.136. The van der Waals surface area contributed by atoms with Gasteiger partial charge < -0.3 is 23.8 Å². The van der Waals surface area contributed by atoms with Crippen LogP contribution < -0.4 is 14.2 Å². The fraction of sp³-hybridized carbons (Fsp3) is 0.385. The molecule has 0 radical (unpaired) electrons. The standard InChI is InChI=1S/C23H24FNO6.C3H6/c1-14(2)30-23-20(13-29-17-6-4-5-15(11-17)7-10-21(26)27)25-31-22(23)18-12-16(28-3)8-9-19(18)24;1-2-3-1/h4-6,8-9,11-12,14H,7,10,13H2,1-3H3,(H,26,27);1-3H2. The first-order valence-electron chi connectivity index (χ1n) is 11.3. The van der Waals surface area contributed by atoms with E-state index in [1.165, 1.54) is 44.6 Å². The maximum atomic E-state index is 14.5. The second-order valence-electron chi connectivity index (χ2n) is 8.19. The molecule has 1 heterocycles. The summed E-state index contributed by atoms with van der Waals surface area (Å²) in [6.45, 7) is 3.71. The van der Waals surface area contributed by atoms with Crippen LogP contribution in [0.1, 0.15) is 50.8 Å². The zero-order valence-corrected chi connectivity index (χ0v) is 19.7. The second-order valence-corrected chi connectivity index (χ2v) is 8.19. The van der Waals surface area contributed by atoms with Gasteiger partial charge in [0.2, 0.25) is 5.76 Å². The quantitative estimate of drug-likeness (QED) is 0.385. The minimum Gasteiger partial charge on any atom is -0.497 e. The Morgan fingerprint density at radius 3 is 2.56 bits per heavy atom. The molecule has 4 rings (SSSR count). The zero-order valence-electron chi connectivity index (χ0n) is 19.7. The second kappa shape index (κ2) is 12.1. The third kappa shape index (κ3) is 7.50. The van der Waals surface area contributed by atoms with Gasteiger partial charge in [-0.05, 0) is 56.2 Å². The van der Waals surface area contributed by atoms with Gasteiger partial charge in [-0.25, -0.2) is 4.39 Å². The van der Waals surface area contributed by atoms with Crippen molar-refractivity contribution in [1.82, 2.24) is 5.16 Å². The number of methoxy groups -OCH3 is 1. The maximum Gasteiger partial charge on any atom is 0.303 e. The Hall–Kier alpha value is -3.55. The topological polar surface area (TPSA) is 91.0 Å². The number of ether oxygens (including phenoxy) is 3. The molecule has 2 aromatic carbocycles. The van der Waals surface area contributed by atoms with Crippen LogP contribution >= 0.6 is 0 Å². The molecule has 1 fully saturated rings. The largest absolute Gasteiger partial charge is 0.497 e. The van der Waals surface area contributed by atoms with Gasteiger partial charge >= 0.3 is 5.97 Å². The Labute approximate surface area is 198 Å². The van der Waals surface area contributed by atoms with Crippen LogP contribution in [0.5, 0.6) is 17.2 Å². The number of aromatic nitrogens is 1. The molecule has 0 amide bonds. The van der Waals surface area contributed by atoms with Crippen LogP contribution in [0.25, 0.3) is 11.3 Å². The van der Waals surface area contributed by atoms with E-state index in [0.717, 1.165) is 5.56 Å². The van der Waals surface area contributed by atoms with Crippen molar-refractivity contribution in [1.29, 1.82) is 0 Å². The average Bonchev–Trinajstić information content (AvgIpc) is 3.65. The average molecular weight is 472 g/mol. The van der Waals surface area contributed by atoms with Gasteiger partial charge in [0.15, 0.2) is 11.4 Å². The summed E-state index contributed by atoms with van der Waals surface area (Å²) in [7, 11) is 1.49. The minimum absolute atomic E-state index is 0.0273. The van der Waals surface area contributed by atoms with E-state index >= 15 is 0 Å². The molecule has 1 saturated carbocycles. The molecule has 1 aliphatic rings. The van der Waals surface area contributed by atoms with Crippen molar-refractivity contribution >= 4 is 5.97 Å². The van der Waals surface area contributed by atoms with Crippen molar-refractivity contribution < 1.29 is 33.0 Å². The van der Waals surface area contributed by atoms with Crippen LogP contribution in [0, 0.1) is 5.82 Å². The maximum absolute atomic E-state index is 14.5. The molecule has 1 N–H and O–H groups in total. The number of carbonyl (C=O) groups is 1. The molecule has 0 aliphatic heterocycles. The molecular formula is C26H30FNO6. The molecule has 0 saturated heterocycles. The minimum atomic E-state index is -0.860. The Kier molecular flexibility index (Phi) is 8.90. The number of halogens is 1. The highest BCUT2D eigenvalue weighted by atomic mass is 19.1. The highest BCUT2D eigenvalue weighted by Gasteiger charge is 2.24. The van der Waals surface area contributed by atoms with Crippen LogP contribution in [0.2, 0.25) is 0 Å². The summed E-state index contributed by atoms with van der Waals surface area (Å²) in [5.74, 6) is 0.115. The fourth-order valence-corrected chi connectivity index (χ4v) is 2.93. The van der Waals surface area contributed by atoms with Crippen LogP contribution in [-0.4, -0.2) is 29.4 Å². The van der Waals surface area contributed by atoms with E-state index in [1.54, 1.807) is 18.2 Å². The highest BCUT2D eigenvalue weighted by Crippen LogP contribution is 2.37. The highest BCUT2D eigenvalue weighted by molar-refractivity contribution is 5.68. The first-order valence-corrected chi connectivity index (χ1v) is 11.3. The molecule has 0 unspecified atom stereocenters. The van der Waals surface area contributed by atoms with Crippen molar-refractivity contribution in [3.05, 3.63) is 59.5 Å². The van der Waals surface area contributed by atoms with Gasteiger partial charge in [-0.3, -0.25) is 4.79 Å². The monoisotopic (exact) mass is 471 g/mol. The van der Waals surface area contributed by atoms with E-state index in [4.69, 9.17) is 23.8 Å². The summed E-state index contributed by atoms with van der Waals surface area (Å²) in [4.78, 5) is 10.8. The summed E-state index contributed by atoms with van der Waals surface area (Å²) < 4.78 is 36.8. The van der Waals surface area contributed by atoms with Gasteiger partial charge in [0.1, 0.15) is 23.9 Å². The van der Waals surface area contributed by atoms with Gasteiger partial charge in [0.05, 0.1) is 18.8 Å². The number of hydrogen-bond donors (Lipinski definition) is 1.